The van der Waals surface area contributed by atoms with Crippen LogP contribution in [0, 0.1) is 0 Å². The number of nitrogens with one attached hydrogen (secondary N) is 1. The molecule has 0 atom stereocenters. The molecule has 0 aromatic heterocycles. The number of fused-ring (bicyclic) bond motifs is 1. The van der Waals surface area contributed by atoms with Crippen molar-refractivity contribution in [3.05, 3.63) is 18.2 Å². The second kappa shape index (κ2) is 3.33. The van der Waals surface area contributed by atoms with Crippen molar-refractivity contribution >= 4 is 11.4 Å². The van der Waals surface area contributed by atoms with Crippen LogP contribution in [0.25, 0.3) is 0 Å². The molecule has 0 saturated heterocycles. The minimum Gasteiger partial charge on any atom is -0.495 e. The molecule has 3 rings (SSSR count). The highest BCUT2D eigenvalue weighted by Crippen LogP contribution is 2.41. The molecule has 1 aromatic carbocycles. The number of ether oxygens (including phenoxy) is 1. The molecular formula is C12H16N2O. The van der Waals surface area contributed by atoms with Crippen molar-refractivity contribution in [1.82, 2.24) is 0 Å². The second-order valence-corrected chi connectivity index (χ2v) is 4.21. The molecule has 2 aliphatic rings. The Balaban J connectivity index is 2.03. The van der Waals surface area contributed by atoms with E-state index in [4.69, 9.17) is 4.74 Å². The lowest BCUT2D eigenvalue weighted by Gasteiger charge is -2.32. The minimum atomic E-state index is 0.776. The smallest absolute Gasteiger partial charge is 0.144 e. The van der Waals surface area contributed by atoms with Crippen LogP contribution in [-0.2, 0) is 0 Å². The van der Waals surface area contributed by atoms with E-state index in [0.29, 0.717) is 0 Å². The Morgan fingerprint density at radius 1 is 1.40 bits per heavy atom. The van der Waals surface area contributed by atoms with E-state index in [1.807, 2.05) is 6.07 Å². The Bertz CT molecular complexity index is 374. The third-order valence-electron chi connectivity index (χ3n) is 3.18. The zero-order valence-corrected chi connectivity index (χ0v) is 8.99. The van der Waals surface area contributed by atoms with Gasteiger partial charge in [-0.25, -0.2) is 0 Å². The standard InChI is InChI=1S/C12H16N2O/c1-15-11-4-2-3-10-12(11)13-7-8-14(10)9-5-6-9/h2-4,9,13H,5-8H2,1H3. The molecular weight excluding hydrogens is 188 g/mol. The van der Waals surface area contributed by atoms with Gasteiger partial charge in [0.2, 0.25) is 0 Å². The monoisotopic (exact) mass is 204 g/mol. The molecule has 0 amide bonds. The van der Waals surface area contributed by atoms with Gasteiger partial charge in [0.05, 0.1) is 12.8 Å². The van der Waals surface area contributed by atoms with E-state index in [-0.39, 0.29) is 0 Å². The lowest BCUT2D eigenvalue weighted by molar-refractivity contribution is 0.416. The normalized spacial score (nSPS) is 19.4. The Labute approximate surface area is 90.0 Å². The summed E-state index contributed by atoms with van der Waals surface area (Å²) in [5, 5.41) is 3.43. The van der Waals surface area contributed by atoms with Gasteiger partial charge >= 0.3 is 0 Å². The summed E-state index contributed by atoms with van der Waals surface area (Å²) >= 11 is 0. The van der Waals surface area contributed by atoms with Gasteiger partial charge in [0, 0.05) is 19.1 Å². The van der Waals surface area contributed by atoms with Gasteiger partial charge in [-0.1, -0.05) is 6.07 Å². The van der Waals surface area contributed by atoms with Gasteiger partial charge in [0.25, 0.3) is 0 Å². The molecule has 80 valence electrons. The van der Waals surface area contributed by atoms with Crippen LogP contribution in [0.5, 0.6) is 5.75 Å². The van der Waals surface area contributed by atoms with Crippen LogP contribution in [0.4, 0.5) is 11.4 Å². The van der Waals surface area contributed by atoms with Crippen LogP contribution in [0.3, 0.4) is 0 Å². The summed E-state index contributed by atoms with van der Waals surface area (Å²) in [7, 11) is 1.73. The summed E-state index contributed by atoms with van der Waals surface area (Å²) in [5.41, 5.74) is 2.47. The maximum absolute atomic E-state index is 5.37. The quantitative estimate of drug-likeness (QED) is 0.798. The number of para-hydroxylation sites is 1. The molecule has 1 aliphatic carbocycles. The summed E-state index contributed by atoms with van der Waals surface area (Å²) in [6, 6.07) is 7.04. The first kappa shape index (κ1) is 8.89. The molecule has 0 bridgehead atoms. The minimum absolute atomic E-state index is 0.776. The largest absolute Gasteiger partial charge is 0.495 e. The number of methoxy groups -OCH3 is 1. The van der Waals surface area contributed by atoms with Crippen LogP contribution in [0.15, 0.2) is 18.2 Å². The van der Waals surface area contributed by atoms with Crippen molar-refractivity contribution in [2.45, 2.75) is 18.9 Å². The van der Waals surface area contributed by atoms with E-state index in [9.17, 15) is 0 Å². The molecule has 0 spiro atoms. The Morgan fingerprint density at radius 3 is 3.00 bits per heavy atom. The lowest BCUT2D eigenvalue weighted by atomic mass is 10.2. The van der Waals surface area contributed by atoms with E-state index in [2.05, 4.69) is 22.3 Å². The van der Waals surface area contributed by atoms with Crippen molar-refractivity contribution in [3.63, 3.8) is 0 Å². The van der Waals surface area contributed by atoms with Crippen LogP contribution >= 0.6 is 0 Å². The Morgan fingerprint density at radius 2 is 2.27 bits per heavy atom. The predicted molar refractivity (Wildman–Crippen MR) is 61.9 cm³/mol. The fraction of sp³-hybridized carbons (Fsp3) is 0.500. The molecule has 1 N–H and O–H groups in total. The van der Waals surface area contributed by atoms with Crippen molar-refractivity contribution in [2.24, 2.45) is 0 Å². The van der Waals surface area contributed by atoms with Crippen LogP contribution < -0.4 is 15.0 Å². The molecule has 1 saturated carbocycles. The number of hydrogen-bond donors (Lipinski definition) is 1. The molecule has 3 heteroatoms. The first-order valence-corrected chi connectivity index (χ1v) is 5.57. The topological polar surface area (TPSA) is 24.5 Å². The molecule has 1 heterocycles. The molecule has 1 aromatic rings. The molecule has 0 unspecified atom stereocenters. The molecule has 3 nitrogen and oxygen atoms in total. The van der Waals surface area contributed by atoms with E-state index < -0.39 is 0 Å². The molecule has 0 radical (unpaired) electrons. The summed E-state index contributed by atoms with van der Waals surface area (Å²) < 4.78 is 5.37. The SMILES string of the molecule is COc1cccc2c1NCCN2C1CC1. The third kappa shape index (κ3) is 1.42. The fourth-order valence-electron chi connectivity index (χ4n) is 2.29. The molecule has 1 fully saturated rings. The van der Waals surface area contributed by atoms with Gasteiger partial charge in [-0.15, -0.1) is 0 Å². The van der Waals surface area contributed by atoms with Gasteiger partial charge in [-0.05, 0) is 25.0 Å². The first-order chi connectivity index (χ1) is 7.40. The van der Waals surface area contributed by atoms with Gasteiger partial charge in [0.1, 0.15) is 11.4 Å². The number of rotatable bonds is 2. The highest BCUT2D eigenvalue weighted by atomic mass is 16.5. The number of hydrogen-bond acceptors (Lipinski definition) is 3. The van der Waals surface area contributed by atoms with Crippen LogP contribution in [0.2, 0.25) is 0 Å². The molecule has 1 aliphatic heterocycles. The fourth-order valence-corrected chi connectivity index (χ4v) is 2.29. The van der Waals surface area contributed by atoms with E-state index in [1.165, 1.54) is 18.5 Å². The maximum atomic E-state index is 5.37. The number of nitrogens with zero attached hydrogens (tertiary/aromatic N) is 1. The summed E-state index contributed by atoms with van der Waals surface area (Å²) in [6.45, 7) is 2.13. The Hall–Kier alpha value is -1.38. The van der Waals surface area contributed by atoms with E-state index in [1.54, 1.807) is 7.11 Å². The third-order valence-corrected chi connectivity index (χ3v) is 3.18. The van der Waals surface area contributed by atoms with Crippen LogP contribution in [-0.4, -0.2) is 26.2 Å². The van der Waals surface area contributed by atoms with Gasteiger partial charge in [0.15, 0.2) is 0 Å². The highest BCUT2D eigenvalue weighted by molar-refractivity contribution is 5.78. The van der Waals surface area contributed by atoms with E-state index in [0.717, 1.165) is 30.6 Å². The average Bonchev–Trinajstić information content (AvgIpc) is 3.11. The van der Waals surface area contributed by atoms with Gasteiger partial charge < -0.3 is 15.0 Å². The van der Waals surface area contributed by atoms with Crippen molar-refractivity contribution in [3.8, 4) is 5.75 Å². The van der Waals surface area contributed by atoms with Crippen LogP contribution in [0.1, 0.15) is 12.8 Å². The zero-order chi connectivity index (χ0) is 10.3. The van der Waals surface area contributed by atoms with Gasteiger partial charge in [-0.2, -0.15) is 0 Å². The maximum Gasteiger partial charge on any atom is 0.144 e. The first-order valence-electron chi connectivity index (χ1n) is 5.57. The predicted octanol–water partition coefficient (Wildman–Crippen LogP) is 2.09. The van der Waals surface area contributed by atoms with Crippen molar-refractivity contribution < 1.29 is 4.74 Å². The lowest BCUT2D eigenvalue weighted by Crippen LogP contribution is -2.35. The summed E-state index contributed by atoms with van der Waals surface area (Å²) in [5.74, 6) is 0.956. The zero-order valence-electron chi connectivity index (χ0n) is 8.99. The van der Waals surface area contributed by atoms with Gasteiger partial charge in [-0.3, -0.25) is 0 Å². The second-order valence-electron chi connectivity index (χ2n) is 4.21. The van der Waals surface area contributed by atoms with Crippen molar-refractivity contribution in [1.29, 1.82) is 0 Å². The number of anilines is 2. The highest BCUT2D eigenvalue weighted by Gasteiger charge is 2.32. The van der Waals surface area contributed by atoms with E-state index >= 15 is 0 Å². The summed E-state index contributed by atoms with van der Waals surface area (Å²) in [6.07, 6.45) is 2.69. The Kier molecular flexibility index (Phi) is 1.97. The number of benzene rings is 1. The summed E-state index contributed by atoms with van der Waals surface area (Å²) in [4.78, 5) is 2.51. The molecule has 15 heavy (non-hydrogen) atoms. The van der Waals surface area contributed by atoms with Crippen molar-refractivity contribution in [2.75, 3.05) is 30.4 Å². The average molecular weight is 204 g/mol.